The van der Waals surface area contributed by atoms with Gasteiger partial charge in [-0.1, -0.05) is 0 Å². The van der Waals surface area contributed by atoms with Crippen molar-refractivity contribution in [3.05, 3.63) is 20.4 Å². The minimum atomic E-state index is -4.67. The topological polar surface area (TPSA) is 22.1 Å². The van der Waals surface area contributed by atoms with Crippen LogP contribution in [0.3, 0.4) is 0 Å². The van der Waals surface area contributed by atoms with Crippen molar-refractivity contribution >= 4 is 38.5 Å². The van der Waals surface area contributed by atoms with Crippen LogP contribution in [0.25, 0.3) is 0 Å². The molecular formula is C6H2BrF3INO. The maximum Gasteiger partial charge on any atom is 0.573 e. The summed E-state index contributed by atoms with van der Waals surface area (Å²) < 4.78 is 39.6. The average Bonchev–Trinajstić information content (AvgIpc) is 1.93. The molecule has 0 fully saturated rings. The highest BCUT2D eigenvalue weighted by atomic mass is 127. The van der Waals surface area contributed by atoms with Crippen LogP contribution < -0.4 is 4.74 Å². The summed E-state index contributed by atoms with van der Waals surface area (Å²) in [7, 11) is 0. The zero-order valence-electron chi connectivity index (χ0n) is 5.90. The van der Waals surface area contributed by atoms with Gasteiger partial charge < -0.3 is 4.74 Å². The van der Waals surface area contributed by atoms with Gasteiger partial charge in [0.1, 0.15) is 8.30 Å². The Balaban J connectivity index is 2.90. The molecule has 0 aliphatic carbocycles. The second-order valence-corrected chi connectivity index (χ2v) is 3.81. The fourth-order valence-electron chi connectivity index (χ4n) is 0.600. The molecule has 0 aromatic carbocycles. The first-order valence-electron chi connectivity index (χ1n) is 2.96. The maximum atomic E-state index is 11.8. The fraction of sp³-hybridized carbons (Fsp3) is 0.167. The van der Waals surface area contributed by atoms with Crippen LogP contribution in [-0.2, 0) is 0 Å². The van der Waals surface area contributed by atoms with Crippen LogP contribution in [0.2, 0.25) is 0 Å². The highest BCUT2D eigenvalue weighted by molar-refractivity contribution is 14.1. The molecule has 0 atom stereocenters. The average molecular weight is 368 g/mol. The molecule has 13 heavy (non-hydrogen) atoms. The Labute approximate surface area is 93.8 Å². The van der Waals surface area contributed by atoms with Crippen molar-refractivity contribution in [1.29, 1.82) is 0 Å². The predicted molar refractivity (Wildman–Crippen MR) is 51.3 cm³/mol. The van der Waals surface area contributed by atoms with Crippen molar-refractivity contribution in [2.45, 2.75) is 6.36 Å². The molecule has 0 saturated carbocycles. The number of pyridine rings is 1. The second kappa shape index (κ2) is 3.99. The van der Waals surface area contributed by atoms with Crippen LogP contribution >= 0.6 is 38.5 Å². The molecule has 7 heteroatoms. The van der Waals surface area contributed by atoms with Gasteiger partial charge in [0.2, 0.25) is 0 Å². The smallest absolute Gasteiger partial charge is 0.403 e. The summed E-state index contributed by atoms with van der Waals surface area (Å²) in [5.74, 6) is -0.295. The van der Waals surface area contributed by atoms with Crippen molar-refractivity contribution in [1.82, 2.24) is 4.98 Å². The Morgan fingerprint density at radius 3 is 2.46 bits per heavy atom. The van der Waals surface area contributed by atoms with E-state index in [-0.39, 0.29) is 9.45 Å². The van der Waals surface area contributed by atoms with Gasteiger partial charge in [-0.05, 0) is 50.7 Å². The van der Waals surface area contributed by atoms with E-state index < -0.39 is 6.36 Å². The number of ether oxygens (including phenoxy) is 1. The van der Waals surface area contributed by atoms with E-state index in [0.717, 1.165) is 0 Å². The SMILES string of the molecule is FC(F)(F)Oc1ccc(Br)nc1I. The summed E-state index contributed by atoms with van der Waals surface area (Å²) in [4.78, 5) is 3.74. The van der Waals surface area contributed by atoms with Crippen LogP contribution in [0, 0.1) is 3.70 Å². The van der Waals surface area contributed by atoms with E-state index in [0.29, 0.717) is 4.60 Å². The van der Waals surface area contributed by atoms with Gasteiger partial charge in [-0.25, -0.2) is 4.98 Å². The molecule has 0 N–H and O–H groups in total. The molecule has 0 amide bonds. The van der Waals surface area contributed by atoms with Crippen molar-refractivity contribution in [2.24, 2.45) is 0 Å². The van der Waals surface area contributed by atoms with Gasteiger partial charge in [-0.15, -0.1) is 13.2 Å². The predicted octanol–water partition coefficient (Wildman–Crippen LogP) is 3.35. The van der Waals surface area contributed by atoms with E-state index >= 15 is 0 Å². The van der Waals surface area contributed by atoms with E-state index in [9.17, 15) is 13.2 Å². The van der Waals surface area contributed by atoms with Gasteiger partial charge in [-0.2, -0.15) is 0 Å². The normalized spacial score (nSPS) is 11.5. The molecule has 0 aliphatic heterocycles. The Morgan fingerprint density at radius 1 is 1.38 bits per heavy atom. The molecule has 0 aliphatic rings. The standard InChI is InChI=1S/C6H2BrF3INO/c7-4-2-1-3(5(11)12-4)13-6(8,9)10/h1-2H. The Kier molecular flexibility index (Phi) is 3.38. The molecule has 0 unspecified atom stereocenters. The maximum absolute atomic E-state index is 11.8. The number of halogens is 5. The zero-order chi connectivity index (χ0) is 10.1. The largest absolute Gasteiger partial charge is 0.573 e. The zero-order valence-corrected chi connectivity index (χ0v) is 9.64. The first-order chi connectivity index (χ1) is 5.88. The quantitative estimate of drug-likeness (QED) is 0.561. The Hall–Kier alpha value is -0.0500. The van der Waals surface area contributed by atoms with E-state index in [1.165, 1.54) is 12.1 Å². The van der Waals surface area contributed by atoms with Crippen LogP contribution in [0.1, 0.15) is 0 Å². The molecule has 1 heterocycles. The van der Waals surface area contributed by atoms with E-state index in [1.807, 2.05) is 0 Å². The Bertz CT molecular complexity index is 317. The monoisotopic (exact) mass is 367 g/mol. The van der Waals surface area contributed by atoms with Crippen LogP contribution in [0.5, 0.6) is 5.75 Å². The summed E-state index contributed by atoms with van der Waals surface area (Å²) in [6.07, 6.45) is -4.67. The summed E-state index contributed by atoms with van der Waals surface area (Å²) in [5.41, 5.74) is 0. The summed E-state index contributed by atoms with van der Waals surface area (Å²) in [5, 5.41) is 0. The van der Waals surface area contributed by atoms with Gasteiger partial charge in [0.05, 0.1) is 0 Å². The second-order valence-electron chi connectivity index (χ2n) is 1.97. The molecule has 0 saturated heterocycles. The van der Waals surface area contributed by atoms with Crippen molar-refractivity contribution < 1.29 is 17.9 Å². The van der Waals surface area contributed by atoms with E-state index in [1.54, 1.807) is 22.6 Å². The van der Waals surface area contributed by atoms with E-state index in [4.69, 9.17) is 0 Å². The lowest BCUT2D eigenvalue weighted by Gasteiger charge is -2.09. The highest BCUT2D eigenvalue weighted by Gasteiger charge is 2.32. The number of aromatic nitrogens is 1. The number of hydrogen-bond donors (Lipinski definition) is 0. The summed E-state index contributed by atoms with van der Waals surface area (Å²) in [6.45, 7) is 0. The molecule has 0 bridgehead atoms. The fourth-order valence-corrected chi connectivity index (χ4v) is 1.79. The molecule has 1 aromatic rings. The number of alkyl halides is 3. The number of nitrogens with zero attached hydrogens (tertiary/aromatic N) is 1. The van der Waals surface area contributed by atoms with Gasteiger partial charge in [-0.3, -0.25) is 0 Å². The van der Waals surface area contributed by atoms with E-state index in [2.05, 4.69) is 25.7 Å². The third kappa shape index (κ3) is 3.67. The lowest BCUT2D eigenvalue weighted by molar-refractivity contribution is -0.275. The third-order valence-corrected chi connectivity index (χ3v) is 2.22. The van der Waals surface area contributed by atoms with Crippen molar-refractivity contribution in [3.8, 4) is 5.75 Å². The highest BCUT2D eigenvalue weighted by Crippen LogP contribution is 2.27. The molecule has 2 nitrogen and oxygen atoms in total. The molecule has 72 valence electrons. The molecule has 1 rings (SSSR count). The van der Waals surface area contributed by atoms with Gasteiger partial charge in [0.25, 0.3) is 0 Å². The van der Waals surface area contributed by atoms with Gasteiger partial charge >= 0.3 is 6.36 Å². The lowest BCUT2D eigenvalue weighted by Crippen LogP contribution is -2.18. The summed E-state index contributed by atoms with van der Waals surface area (Å²) >= 11 is 4.68. The first kappa shape index (κ1) is 11.0. The van der Waals surface area contributed by atoms with Crippen LogP contribution in [-0.4, -0.2) is 11.3 Å². The van der Waals surface area contributed by atoms with Crippen molar-refractivity contribution in [2.75, 3.05) is 0 Å². The molecule has 1 aromatic heterocycles. The van der Waals surface area contributed by atoms with Crippen LogP contribution in [0.4, 0.5) is 13.2 Å². The minimum Gasteiger partial charge on any atom is -0.403 e. The first-order valence-corrected chi connectivity index (χ1v) is 4.83. The third-order valence-electron chi connectivity index (χ3n) is 1.01. The lowest BCUT2D eigenvalue weighted by atomic mass is 10.5. The van der Waals surface area contributed by atoms with Crippen LogP contribution in [0.15, 0.2) is 16.7 Å². The van der Waals surface area contributed by atoms with Crippen molar-refractivity contribution in [3.63, 3.8) is 0 Å². The Morgan fingerprint density at radius 2 is 2.00 bits per heavy atom. The van der Waals surface area contributed by atoms with Gasteiger partial charge in [0, 0.05) is 0 Å². The minimum absolute atomic E-state index is 0.157. The molecular weight excluding hydrogens is 366 g/mol. The molecule has 0 spiro atoms. The molecule has 0 radical (unpaired) electrons. The number of hydrogen-bond acceptors (Lipinski definition) is 2. The summed E-state index contributed by atoms with van der Waals surface area (Å²) in [6, 6.07) is 2.58. The number of rotatable bonds is 1. The van der Waals surface area contributed by atoms with Gasteiger partial charge in [0.15, 0.2) is 5.75 Å².